The minimum atomic E-state index is 0.257. The zero-order valence-corrected chi connectivity index (χ0v) is 16.3. The summed E-state index contributed by atoms with van der Waals surface area (Å²) in [6, 6.07) is 15.0. The number of rotatable bonds is 6. The summed E-state index contributed by atoms with van der Waals surface area (Å²) in [4.78, 5) is 10.1. The second kappa shape index (κ2) is 9.66. The van der Waals surface area contributed by atoms with Crippen LogP contribution in [0.5, 0.6) is 0 Å². The summed E-state index contributed by atoms with van der Waals surface area (Å²) in [5.74, 6) is 0.257. The highest BCUT2D eigenvalue weighted by Gasteiger charge is 2.20. The fraction of sp³-hybridized carbons (Fsp3) is 0.200. The summed E-state index contributed by atoms with van der Waals surface area (Å²) in [6.07, 6.45) is 1.64. The average molecular weight is 399 g/mol. The van der Waals surface area contributed by atoms with Gasteiger partial charge in [-0.1, -0.05) is 53.2 Å². The molecule has 2 aromatic carbocycles. The number of oxime groups is 2. The molecule has 0 aliphatic carbocycles. The van der Waals surface area contributed by atoms with Crippen LogP contribution in [-0.4, -0.2) is 43.9 Å². The van der Waals surface area contributed by atoms with Gasteiger partial charge in [0.25, 0.3) is 5.90 Å². The van der Waals surface area contributed by atoms with E-state index < -0.39 is 0 Å². The molecular formula is C20H19ClN4O3. The lowest BCUT2D eigenvalue weighted by atomic mass is 10.0. The van der Waals surface area contributed by atoms with Gasteiger partial charge in [-0.25, -0.2) is 0 Å². The van der Waals surface area contributed by atoms with Crippen LogP contribution in [0.25, 0.3) is 0 Å². The van der Waals surface area contributed by atoms with Crippen LogP contribution in [0.1, 0.15) is 23.6 Å². The lowest BCUT2D eigenvalue weighted by Gasteiger charge is -2.15. The van der Waals surface area contributed by atoms with Gasteiger partial charge in [-0.2, -0.15) is 10.2 Å². The van der Waals surface area contributed by atoms with E-state index in [1.165, 1.54) is 7.11 Å². The Morgan fingerprint density at radius 3 is 2.79 bits per heavy atom. The van der Waals surface area contributed by atoms with Gasteiger partial charge in [-0.05, 0) is 29.8 Å². The summed E-state index contributed by atoms with van der Waals surface area (Å²) < 4.78 is 5.54. The first-order chi connectivity index (χ1) is 13.7. The molecule has 1 aliphatic rings. The van der Waals surface area contributed by atoms with E-state index in [9.17, 15) is 0 Å². The minimum absolute atomic E-state index is 0.257. The molecule has 0 radical (unpaired) electrons. The summed E-state index contributed by atoms with van der Waals surface area (Å²) in [7, 11) is 1.46. The van der Waals surface area contributed by atoms with E-state index in [2.05, 4.69) is 20.5 Å². The molecule has 0 saturated heterocycles. The molecule has 0 fully saturated rings. The molecule has 0 atom stereocenters. The molecule has 0 amide bonds. The zero-order chi connectivity index (χ0) is 19.8. The molecule has 3 rings (SSSR count). The third kappa shape index (κ3) is 4.95. The van der Waals surface area contributed by atoms with Crippen molar-refractivity contribution < 1.29 is 14.4 Å². The van der Waals surface area contributed by atoms with Gasteiger partial charge in [-0.15, -0.1) is 0 Å². The number of ether oxygens (including phenoxy) is 1. The third-order valence-corrected chi connectivity index (χ3v) is 4.04. The number of hydrogen-bond donors (Lipinski definition) is 0. The van der Waals surface area contributed by atoms with Gasteiger partial charge in [0.2, 0.25) is 0 Å². The van der Waals surface area contributed by atoms with E-state index in [0.717, 1.165) is 22.4 Å². The Bertz CT molecular complexity index is 954. The minimum Gasteiger partial charge on any atom is -0.470 e. The van der Waals surface area contributed by atoms with Crippen LogP contribution in [0.3, 0.4) is 0 Å². The van der Waals surface area contributed by atoms with Crippen LogP contribution in [-0.2, 0) is 14.4 Å². The maximum atomic E-state index is 6.03. The van der Waals surface area contributed by atoms with Gasteiger partial charge < -0.3 is 14.4 Å². The predicted octanol–water partition coefficient (Wildman–Crippen LogP) is 3.89. The quantitative estimate of drug-likeness (QED) is 0.547. The van der Waals surface area contributed by atoms with Crippen molar-refractivity contribution in [1.82, 2.24) is 0 Å². The Morgan fingerprint density at radius 2 is 2.04 bits per heavy atom. The van der Waals surface area contributed by atoms with Gasteiger partial charge in [0.05, 0.1) is 11.9 Å². The Balaban J connectivity index is 1.89. The van der Waals surface area contributed by atoms with Crippen molar-refractivity contribution in [2.75, 3.05) is 20.3 Å². The molecule has 144 valence electrons. The molecule has 0 aromatic heterocycles. The summed E-state index contributed by atoms with van der Waals surface area (Å²) in [6.45, 7) is 2.65. The smallest absolute Gasteiger partial charge is 0.280 e. The van der Waals surface area contributed by atoms with Crippen LogP contribution >= 0.6 is 11.6 Å². The Kier molecular flexibility index (Phi) is 6.75. The zero-order valence-electron chi connectivity index (χ0n) is 15.5. The van der Waals surface area contributed by atoms with Gasteiger partial charge in [0.1, 0.15) is 13.7 Å². The first-order valence-corrected chi connectivity index (χ1v) is 8.94. The average Bonchev–Trinajstić information content (AvgIpc) is 2.73. The number of benzene rings is 2. The Hall–Kier alpha value is -3.19. The fourth-order valence-electron chi connectivity index (χ4n) is 2.49. The summed E-state index contributed by atoms with van der Waals surface area (Å²) in [5, 5.41) is 17.1. The van der Waals surface area contributed by atoms with Crippen LogP contribution in [0, 0.1) is 0 Å². The molecule has 0 spiro atoms. The van der Waals surface area contributed by atoms with E-state index in [-0.39, 0.29) is 5.90 Å². The molecule has 7 nitrogen and oxygen atoms in total. The normalized spacial score (nSPS) is 15.0. The molecule has 0 bridgehead atoms. The lowest BCUT2D eigenvalue weighted by Crippen LogP contribution is -2.26. The SMILES string of the molecule is CO/N=C(/C1=NOCCO1)c1ccccc1/C=N/N=C(\C)c1cccc(Cl)c1. The second-order valence-corrected chi connectivity index (χ2v) is 6.16. The van der Waals surface area contributed by atoms with Crippen molar-refractivity contribution in [3.8, 4) is 0 Å². The van der Waals surface area contributed by atoms with E-state index in [1.807, 2.05) is 55.5 Å². The van der Waals surface area contributed by atoms with Crippen molar-refractivity contribution >= 4 is 35.1 Å². The fourth-order valence-corrected chi connectivity index (χ4v) is 2.68. The molecule has 2 aromatic rings. The third-order valence-electron chi connectivity index (χ3n) is 3.81. The van der Waals surface area contributed by atoms with Gasteiger partial charge >= 0.3 is 0 Å². The van der Waals surface area contributed by atoms with Crippen molar-refractivity contribution in [3.05, 3.63) is 70.2 Å². The largest absolute Gasteiger partial charge is 0.470 e. The Morgan fingerprint density at radius 1 is 1.18 bits per heavy atom. The summed E-state index contributed by atoms with van der Waals surface area (Å²) >= 11 is 6.03. The maximum absolute atomic E-state index is 6.03. The van der Waals surface area contributed by atoms with Gasteiger partial charge in [0, 0.05) is 16.1 Å². The van der Waals surface area contributed by atoms with Crippen molar-refractivity contribution in [3.63, 3.8) is 0 Å². The first kappa shape index (κ1) is 19.6. The van der Waals surface area contributed by atoms with Crippen molar-refractivity contribution in [1.29, 1.82) is 0 Å². The van der Waals surface area contributed by atoms with Crippen LogP contribution in [0.15, 0.2) is 69.0 Å². The lowest BCUT2D eigenvalue weighted by molar-refractivity contribution is 0.0672. The standard InChI is InChI=1S/C20H19ClN4O3/c1-14(15-7-5-8-17(21)12-15)23-22-13-16-6-3-4-9-18(16)19(24-26-2)20-25-28-11-10-27-20/h3-9,12-13H,10-11H2,1-2H3/b22-13+,23-14+,24-19+. The molecule has 0 N–H and O–H groups in total. The molecule has 1 aliphatic heterocycles. The number of hydrogen-bond acceptors (Lipinski definition) is 7. The van der Waals surface area contributed by atoms with Crippen molar-refractivity contribution in [2.24, 2.45) is 20.5 Å². The van der Waals surface area contributed by atoms with E-state index in [4.69, 9.17) is 26.0 Å². The number of halogens is 1. The topological polar surface area (TPSA) is 77.1 Å². The van der Waals surface area contributed by atoms with Crippen LogP contribution in [0.2, 0.25) is 5.02 Å². The van der Waals surface area contributed by atoms with Crippen LogP contribution in [0.4, 0.5) is 0 Å². The second-order valence-electron chi connectivity index (χ2n) is 5.73. The molecule has 0 unspecified atom stereocenters. The highest BCUT2D eigenvalue weighted by atomic mass is 35.5. The molecule has 28 heavy (non-hydrogen) atoms. The van der Waals surface area contributed by atoms with Crippen molar-refractivity contribution in [2.45, 2.75) is 6.92 Å². The molecule has 8 heteroatoms. The highest BCUT2D eigenvalue weighted by Crippen LogP contribution is 2.14. The summed E-state index contributed by atoms with van der Waals surface area (Å²) in [5.41, 5.74) is 3.57. The molecule has 1 heterocycles. The van der Waals surface area contributed by atoms with Gasteiger partial charge in [-0.3, -0.25) is 0 Å². The van der Waals surface area contributed by atoms with E-state index >= 15 is 0 Å². The number of nitrogens with zero attached hydrogens (tertiary/aromatic N) is 4. The Labute approximate surface area is 168 Å². The van der Waals surface area contributed by atoms with E-state index in [1.54, 1.807) is 6.21 Å². The maximum Gasteiger partial charge on any atom is 0.280 e. The van der Waals surface area contributed by atoms with Gasteiger partial charge in [0.15, 0.2) is 12.3 Å². The highest BCUT2D eigenvalue weighted by molar-refractivity contribution is 6.46. The van der Waals surface area contributed by atoms with E-state index in [0.29, 0.717) is 23.9 Å². The monoisotopic (exact) mass is 398 g/mol. The van der Waals surface area contributed by atoms with Crippen LogP contribution < -0.4 is 0 Å². The molecule has 0 saturated carbocycles. The first-order valence-electron chi connectivity index (χ1n) is 8.56. The predicted molar refractivity (Wildman–Crippen MR) is 111 cm³/mol. The molecular weight excluding hydrogens is 380 g/mol.